The molecule has 0 aliphatic carbocycles. The van der Waals surface area contributed by atoms with Gasteiger partial charge in [0.05, 0.1) is 24.5 Å². The largest absolute Gasteiger partial charge is 0.490 e. The molecule has 0 aliphatic rings. The van der Waals surface area contributed by atoms with E-state index in [-0.39, 0.29) is 17.1 Å². The quantitative estimate of drug-likeness (QED) is 0.127. The van der Waals surface area contributed by atoms with Crippen molar-refractivity contribution >= 4 is 29.1 Å². The summed E-state index contributed by atoms with van der Waals surface area (Å²) in [7, 11) is 0. The lowest BCUT2D eigenvalue weighted by Crippen LogP contribution is -2.37. The molecule has 1 atom stereocenters. The molecule has 0 bridgehead atoms. The van der Waals surface area contributed by atoms with Crippen molar-refractivity contribution in [3.05, 3.63) is 83.4 Å². The third-order valence-corrected chi connectivity index (χ3v) is 5.15. The predicted molar refractivity (Wildman–Crippen MR) is 138 cm³/mol. The number of para-hydroxylation sites is 1. The van der Waals surface area contributed by atoms with Crippen LogP contribution in [-0.2, 0) is 4.79 Å². The normalized spacial score (nSPS) is 11.2. The van der Waals surface area contributed by atoms with Crippen LogP contribution in [-0.4, -0.2) is 36.0 Å². The van der Waals surface area contributed by atoms with Crippen LogP contribution in [0.3, 0.4) is 0 Å². The van der Waals surface area contributed by atoms with Crippen molar-refractivity contribution in [1.82, 2.24) is 5.43 Å². The fourth-order valence-corrected chi connectivity index (χ4v) is 3.44. The first-order valence-corrected chi connectivity index (χ1v) is 11.3. The minimum Gasteiger partial charge on any atom is -0.490 e. The molecule has 0 heterocycles. The molecule has 0 spiro atoms. The van der Waals surface area contributed by atoms with Gasteiger partial charge in [0.25, 0.3) is 5.91 Å². The zero-order chi connectivity index (χ0) is 26.1. The van der Waals surface area contributed by atoms with E-state index in [1.807, 2.05) is 13.8 Å². The monoisotopic (exact) mass is 491 g/mol. The number of carbonyl (C=O) groups excluding carboxylic acids is 1. The van der Waals surface area contributed by atoms with Gasteiger partial charge in [-0.3, -0.25) is 21.1 Å². The number of aromatic carboxylic acids is 1. The van der Waals surface area contributed by atoms with Crippen molar-refractivity contribution < 1.29 is 24.2 Å². The van der Waals surface area contributed by atoms with Gasteiger partial charge < -0.3 is 25.6 Å². The molecule has 188 valence electrons. The predicted octanol–water partition coefficient (Wildman–Crippen LogP) is 3.76. The van der Waals surface area contributed by atoms with Crippen molar-refractivity contribution in [2.75, 3.05) is 24.0 Å². The Morgan fingerprint density at radius 1 is 0.972 bits per heavy atom. The lowest BCUT2D eigenvalue weighted by atomic mass is 10.0. The highest BCUT2D eigenvalue weighted by Crippen LogP contribution is 2.32. The number of nitrogens with one attached hydrogen (secondary N) is 4. The molecule has 36 heavy (non-hydrogen) atoms. The van der Waals surface area contributed by atoms with E-state index >= 15 is 0 Å². The Hall–Kier alpha value is -4.73. The van der Waals surface area contributed by atoms with Gasteiger partial charge in [0.15, 0.2) is 11.5 Å². The van der Waals surface area contributed by atoms with Gasteiger partial charge in [-0.2, -0.15) is 0 Å². The number of benzene rings is 3. The Morgan fingerprint density at radius 3 is 2.28 bits per heavy atom. The van der Waals surface area contributed by atoms with Crippen LogP contribution in [0.2, 0.25) is 0 Å². The van der Waals surface area contributed by atoms with Crippen LogP contribution in [0.4, 0.5) is 11.4 Å². The highest BCUT2D eigenvalue weighted by Gasteiger charge is 2.23. The van der Waals surface area contributed by atoms with E-state index < -0.39 is 17.9 Å². The highest BCUT2D eigenvalue weighted by atomic mass is 16.5. The van der Waals surface area contributed by atoms with E-state index in [1.54, 1.807) is 60.7 Å². The van der Waals surface area contributed by atoms with Gasteiger partial charge in [0.2, 0.25) is 0 Å². The van der Waals surface area contributed by atoms with Gasteiger partial charge in [-0.15, -0.1) is 0 Å². The van der Waals surface area contributed by atoms with Crippen LogP contribution >= 0.6 is 0 Å². The minimum absolute atomic E-state index is 0.0156. The Morgan fingerprint density at radius 2 is 1.64 bits per heavy atom. The molecule has 0 radical (unpaired) electrons. The van der Waals surface area contributed by atoms with Gasteiger partial charge in [-0.05, 0) is 67.9 Å². The molecule has 10 nitrogen and oxygen atoms in total. The lowest BCUT2D eigenvalue weighted by Gasteiger charge is -2.22. The summed E-state index contributed by atoms with van der Waals surface area (Å²) in [4.78, 5) is 24.9. The number of rotatable bonds is 12. The van der Waals surface area contributed by atoms with Crippen molar-refractivity contribution in [3.8, 4) is 11.5 Å². The maximum absolute atomic E-state index is 13.3. The van der Waals surface area contributed by atoms with Crippen molar-refractivity contribution in [2.45, 2.75) is 19.9 Å². The molecule has 3 aromatic rings. The summed E-state index contributed by atoms with van der Waals surface area (Å²) in [6.07, 6.45) is 0. The van der Waals surface area contributed by atoms with E-state index in [1.165, 1.54) is 6.07 Å². The van der Waals surface area contributed by atoms with E-state index in [2.05, 4.69) is 16.2 Å². The first kappa shape index (κ1) is 25.9. The zero-order valence-corrected chi connectivity index (χ0v) is 20.0. The number of nitrogens with two attached hydrogens (primary N) is 1. The Bertz CT molecular complexity index is 1230. The maximum Gasteiger partial charge on any atom is 0.337 e. The zero-order valence-electron chi connectivity index (χ0n) is 20.0. The van der Waals surface area contributed by atoms with E-state index in [0.29, 0.717) is 41.5 Å². The van der Waals surface area contributed by atoms with Gasteiger partial charge in [0, 0.05) is 11.3 Å². The summed E-state index contributed by atoms with van der Waals surface area (Å²) in [5.41, 5.74) is 12.8. The topological polar surface area (TPSA) is 159 Å². The van der Waals surface area contributed by atoms with E-state index in [4.69, 9.17) is 20.6 Å². The third-order valence-electron chi connectivity index (χ3n) is 5.15. The average molecular weight is 492 g/mol. The SMILES string of the molecule is CCOc1ccc(C(Nc2ccc(C(=N)N)cc2)C(=O)NNc2ccccc2C(=O)O)cc1OCC. The average Bonchev–Trinajstić information content (AvgIpc) is 2.87. The van der Waals surface area contributed by atoms with Crippen LogP contribution in [0.25, 0.3) is 0 Å². The smallest absolute Gasteiger partial charge is 0.337 e. The highest BCUT2D eigenvalue weighted by molar-refractivity contribution is 5.96. The van der Waals surface area contributed by atoms with Crippen molar-refractivity contribution in [3.63, 3.8) is 0 Å². The molecule has 7 N–H and O–H groups in total. The molecular weight excluding hydrogens is 462 g/mol. The van der Waals surface area contributed by atoms with Crippen molar-refractivity contribution in [1.29, 1.82) is 5.41 Å². The summed E-state index contributed by atoms with van der Waals surface area (Å²) in [6, 6.07) is 17.3. The van der Waals surface area contributed by atoms with Gasteiger partial charge in [-0.1, -0.05) is 18.2 Å². The summed E-state index contributed by atoms with van der Waals surface area (Å²) in [6.45, 7) is 4.59. The molecule has 0 saturated heterocycles. The Balaban J connectivity index is 1.92. The number of hydrogen-bond donors (Lipinski definition) is 6. The number of amides is 1. The molecule has 0 aromatic heterocycles. The summed E-state index contributed by atoms with van der Waals surface area (Å²) in [5.74, 6) is -0.614. The minimum atomic E-state index is -1.12. The molecule has 10 heteroatoms. The second kappa shape index (κ2) is 12.1. The van der Waals surface area contributed by atoms with E-state index in [0.717, 1.165) is 0 Å². The van der Waals surface area contributed by atoms with Crippen LogP contribution in [0.5, 0.6) is 11.5 Å². The maximum atomic E-state index is 13.3. The molecule has 3 aromatic carbocycles. The van der Waals surface area contributed by atoms with Crippen molar-refractivity contribution in [2.24, 2.45) is 5.73 Å². The molecule has 1 unspecified atom stereocenters. The van der Waals surface area contributed by atoms with Gasteiger partial charge in [0.1, 0.15) is 11.9 Å². The number of anilines is 2. The molecule has 0 saturated carbocycles. The number of ether oxygens (including phenoxy) is 2. The molecule has 1 amide bonds. The van der Waals surface area contributed by atoms with Crippen LogP contribution in [0.15, 0.2) is 66.7 Å². The standard InChI is InChI=1S/C26H29N5O5/c1-3-35-21-14-11-17(15-22(21)36-4-2)23(29-18-12-9-16(10-13-18)24(27)28)25(32)31-30-20-8-6-5-7-19(20)26(33)34/h5-15,23,29-30H,3-4H2,1-2H3,(H3,27,28)(H,31,32)(H,33,34). The first-order valence-electron chi connectivity index (χ1n) is 11.3. The van der Waals surface area contributed by atoms with Gasteiger partial charge >= 0.3 is 5.97 Å². The number of amidine groups is 1. The number of hydrogen-bond acceptors (Lipinski definition) is 7. The first-order chi connectivity index (χ1) is 17.3. The summed E-state index contributed by atoms with van der Waals surface area (Å²) < 4.78 is 11.4. The molecular formula is C26H29N5O5. The molecule has 0 aliphatic heterocycles. The number of carbonyl (C=O) groups is 2. The number of hydrazine groups is 1. The number of carboxylic acid groups (broad SMARTS) is 1. The van der Waals surface area contributed by atoms with E-state index in [9.17, 15) is 14.7 Å². The second-order valence-electron chi connectivity index (χ2n) is 7.61. The summed E-state index contributed by atoms with van der Waals surface area (Å²) >= 11 is 0. The Labute approximate surface area is 208 Å². The fraction of sp³-hybridized carbons (Fsp3) is 0.192. The van der Waals surface area contributed by atoms with Crippen LogP contribution in [0.1, 0.15) is 41.4 Å². The number of nitrogen functional groups attached to an aromatic ring is 1. The fourth-order valence-electron chi connectivity index (χ4n) is 3.44. The van der Waals surface area contributed by atoms with Gasteiger partial charge in [-0.25, -0.2) is 4.79 Å². The lowest BCUT2D eigenvalue weighted by molar-refractivity contribution is -0.121. The van der Waals surface area contributed by atoms with Crippen LogP contribution < -0.4 is 31.4 Å². The molecule has 0 fully saturated rings. The van der Waals surface area contributed by atoms with Crippen LogP contribution in [0, 0.1) is 5.41 Å². The third kappa shape index (κ3) is 6.44. The summed E-state index contributed by atoms with van der Waals surface area (Å²) in [5, 5.41) is 20.2. The molecule has 3 rings (SSSR count). The number of carboxylic acids is 1. The Kier molecular flexibility index (Phi) is 8.71. The second-order valence-corrected chi connectivity index (χ2v) is 7.61.